The lowest BCUT2D eigenvalue weighted by atomic mass is 10.1. The molecule has 6 rings (SSSR count). The summed E-state index contributed by atoms with van der Waals surface area (Å²) >= 11 is 6.07. The fraction of sp³-hybridized carbons (Fsp3) is 0.250. The van der Waals surface area contributed by atoms with Crippen molar-refractivity contribution < 1.29 is 4.39 Å². The number of hydrogen-bond acceptors (Lipinski definition) is 9. The van der Waals surface area contributed by atoms with Crippen LogP contribution in [0.25, 0.3) is 28.5 Å². The monoisotopic (exact) mass is 494 g/mol. The molecule has 0 spiro atoms. The second-order valence-corrected chi connectivity index (χ2v) is 8.59. The van der Waals surface area contributed by atoms with Gasteiger partial charge in [0, 0.05) is 19.0 Å². The Hall–Kier alpha value is -4.33. The van der Waals surface area contributed by atoms with Crippen LogP contribution in [-0.2, 0) is 7.05 Å². The number of nitrogens with one attached hydrogen (secondary N) is 1. The zero-order valence-electron chi connectivity index (χ0n) is 18.3. The first-order valence-electron chi connectivity index (χ1n) is 10.5. The van der Waals surface area contributed by atoms with Gasteiger partial charge >= 0.3 is 0 Å². The minimum atomic E-state index is -0.716. The van der Waals surface area contributed by atoms with Crippen LogP contribution in [0.2, 0.25) is 5.02 Å². The van der Waals surface area contributed by atoms with E-state index in [9.17, 15) is 4.79 Å². The Labute approximate surface area is 200 Å². The molecule has 5 aromatic rings. The smallest absolute Gasteiger partial charge is 0.254 e. The van der Waals surface area contributed by atoms with Gasteiger partial charge in [-0.3, -0.25) is 9.36 Å². The highest BCUT2D eigenvalue weighted by molar-refractivity contribution is 6.31. The van der Waals surface area contributed by atoms with E-state index < -0.39 is 5.82 Å². The Morgan fingerprint density at radius 3 is 2.83 bits per heavy atom. The van der Waals surface area contributed by atoms with E-state index in [1.165, 1.54) is 27.8 Å². The van der Waals surface area contributed by atoms with Crippen LogP contribution in [0.5, 0.6) is 0 Å². The van der Waals surface area contributed by atoms with Crippen molar-refractivity contribution in [1.82, 2.24) is 59.9 Å². The molecule has 2 atom stereocenters. The number of fused-ring (bicyclic) bond motifs is 1. The lowest BCUT2D eigenvalue weighted by Crippen LogP contribution is -2.25. The van der Waals surface area contributed by atoms with Crippen molar-refractivity contribution in [3.63, 3.8) is 0 Å². The summed E-state index contributed by atoms with van der Waals surface area (Å²) in [5.41, 5.74) is 0.766. The van der Waals surface area contributed by atoms with Gasteiger partial charge in [0.2, 0.25) is 0 Å². The lowest BCUT2D eigenvalue weighted by molar-refractivity contribution is 0.555. The van der Waals surface area contributed by atoms with Gasteiger partial charge < -0.3 is 4.98 Å². The van der Waals surface area contributed by atoms with E-state index in [1.54, 1.807) is 23.9 Å². The van der Waals surface area contributed by atoms with E-state index in [0.29, 0.717) is 35.3 Å². The normalized spacial score (nSPS) is 17.1. The van der Waals surface area contributed by atoms with Crippen molar-refractivity contribution in [1.29, 1.82) is 0 Å². The number of tetrazole rings is 2. The van der Waals surface area contributed by atoms with Gasteiger partial charge in [-0.15, -0.1) is 10.2 Å². The molecule has 1 aromatic carbocycles. The van der Waals surface area contributed by atoms with Gasteiger partial charge in [-0.2, -0.15) is 4.68 Å². The molecule has 0 saturated heterocycles. The van der Waals surface area contributed by atoms with Crippen molar-refractivity contribution in [2.75, 3.05) is 0 Å². The SMILES string of the molecule is C[C@H]1C[C@@H](c2ncc(-c3nnnn3C)[nH]2)n2c1nc(-c1c(-n3cnnn3)ccc(Cl)c1F)cc2=O. The van der Waals surface area contributed by atoms with Crippen LogP contribution < -0.4 is 5.56 Å². The predicted molar refractivity (Wildman–Crippen MR) is 119 cm³/mol. The van der Waals surface area contributed by atoms with E-state index in [1.807, 2.05) is 6.92 Å². The maximum absolute atomic E-state index is 15.2. The minimum absolute atomic E-state index is 0.0380. The Balaban J connectivity index is 1.47. The van der Waals surface area contributed by atoms with Crippen molar-refractivity contribution in [3.05, 3.63) is 63.6 Å². The average Bonchev–Trinajstić information content (AvgIpc) is 3.63. The maximum atomic E-state index is 15.2. The summed E-state index contributed by atoms with van der Waals surface area (Å²) in [6.07, 6.45) is 3.52. The molecule has 4 aromatic heterocycles. The quantitative estimate of drug-likeness (QED) is 0.393. The Kier molecular flexibility index (Phi) is 4.77. The molecule has 15 heteroatoms. The number of benzene rings is 1. The standard InChI is InChI=1S/C20H16ClFN12O/c1-9-5-14(18-23-7-12(25-18)20-27-29-30-32(20)2)34-15(35)6-11(26-19(9)34)16-13(33-8-24-28-31-33)4-3-10(21)17(16)22/h3-4,6-9,14H,5H2,1-2H3,(H,23,25)/t9-,14-/m0/s1. The highest BCUT2D eigenvalue weighted by atomic mass is 35.5. The molecule has 5 heterocycles. The highest BCUT2D eigenvalue weighted by Gasteiger charge is 2.34. The molecule has 0 aliphatic carbocycles. The first-order chi connectivity index (χ1) is 16.9. The fourth-order valence-corrected chi connectivity index (χ4v) is 4.56. The van der Waals surface area contributed by atoms with Gasteiger partial charge in [-0.05, 0) is 39.4 Å². The molecule has 0 saturated carbocycles. The summed E-state index contributed by atoms with van der Waals surface area (Å²) < 4.78 is 19.6. The van der Waals surface area contributed by atoms with Crippen molar-refractivity contribution >= 4 is 11.6 Å². The van der Waals surface area contributed by atoms with Gasteiger partial charge in [0.15, 0.2) is 11.6 Å². The van der Waals surface area contributed by atoms with Crippen molar-refractivity contribution in [2.24, 2.45) is 7.05 Å². The third kappa shape index (κ3) is 3.32. The average molecular weight is 495 g/mol. The van der Waals surface area contributed by atoms with E-state index in [2.05, 4.69) is 46.0 Å². The van der Waals surface area contributed by atoms with Crippen LogP contribution in [0.4, 0.5) is 4.39 Å². The van der Waals surface area contributed by atoms with E-state index in [4.69, 9.17) is 11.6 Å². The second-order valence-electron chi connectivity index (χ2n) is 8.18. The summed E-state index contributed by atoms with van der Waals surface area (Å²) in [6.45, 7) is 1.95. The molecule has 1 aliphatic heterocycles. The Morgan fingerprint density at radius 1 is 1.23 bits per heavy atom. The Morgan fingerprint density at radius 2 is 2.09 bits per heavy atom. The number of aromatic nitrogens is 12. The van der Waals surface area contributed by atoms with Crippen LogP contribution in [-0.4, -0.2) is 59.9 Å². The van der Waals surface area contributed by atoms with Gasteiger partial charge in [0.25, 0.3) is 5.56 Å². The topological polar surface area (TPSA) is 151 Å². The summed E-state index contributed by atoms with van der Waals surface area (Å²) in [5.74, 6) is 0.789. The molecule has 0 radical (unpaired) electrons. The summed E-state index contributed by atoms with van der Waals surface area (Å²) in [7, 11) is 1.72. The number of halogens is 2. The largest absolute Gasteiger partial charge is 0.338 e. The van der Waals surface area contributed by atoms with Gasteiger partial charge in [0.1, 0.15) is 23.7 Å². The molecule has 0 fully saturated rings. The minimum Gasteiger partial charge on any atom is -0.338 e. The van der Waals surface area contributed by atoms with Crippen molar-refractivity contribution in [3.8, 4) is 28.5 Å². The van der Waals surface area contributed by atoms with E-state index >= 15 is 4.39 Å². The van der Waals surface area contributed by atoms with Crippen molar-refractivity contribution in [2.45, 2.75) is 25.3 Å². The van der Waals surface area contributed by atoms with Gasteiger partial charge in [0.05, 0.1) is 34.2 Å². The predicted octanol–water partition coefficient (Wildman–Crippen LogP) is 1.69. The first kappa shape index (κ1) is 21.2. The number of hydrogen-bond donors (Lipinski definition) is 1. The summed E-state index contributed by atoms with van der Waals surface area (Å²) in [4.78, 5) is 25.7. The lowest BCUT2D eigenvalue weighted by Gasteiger charge is -2.15. The van der Waals surface area contributed by atoms with Gasteiger partial charge in [-0.1, -0.05) is 18.5 Å². The number of imidazole rings is 1. The maximum Gasteiger partial charge on any atom is 0.254 e. The number of aromatic amines is 1. The second kappa shape index (κ2) is 7.87. The number of rotatable bonds is 4. The zero-order valence-corrected chi connectivity index (χ0v) is 19.1. The molecule has 1 N–H and O–H groups in total. The van der Waals surface area contributed by atoms with Crippen LogP contribution in [0.3, 0.4) is 0 Å². The van der Waals surface area contributed by atoms with Crippen LogP contribution in [0.15, 0.2) is 35.5 Å². The molecule has 13 nitrogen and oxygen atoms in total. The summed E-state index contributed by atoms with van der Waals surface area (Å²) in [5, 5.41) is 22.4. The van der Waals surface area contributed by atoms with Crippen LogP contribution >= 0.6 is 11.6 Å². The molecule has 0 amide bonds. The third-order valence-electron chi connectivity index (χ3n) is 6.01. The van der Waals surface area contributed by atoms with E-state index in [-0.39, 0.29) is 33.8 Å². The fourth-order valence-electron chi connectivity index (χ4n) is 4.40. The molecular formula is C20H16ClFN12O. The Bertz CT molecular complexity index is 1620. The third-order valence-corrected chi connectivity index (χ3v) is 6.30. The van der Waals surface area contributed by atoms with Crippen LogP contribution in [0.1, 0.15) is 37.0 Å². The number of aryl methyl sites for hydroxylation is 1. The zero-order chi connectivity index (χ0) is 24.3. The molecule has 1 aliphatic rings. The first-order valence-corrected chi connectivity index (χ1v) is 10.9. The molecule has 35 heavy (non-hydrogen) atoms. The number of H-pyrrole nitrogens is 1. The molecular weight excluding hydrogens is 479 g/mol. The molecule has 0 unspecified atom stereocenters. The molecule has 176 valence electrons. The molecule has 0 bridgehead atoms. The van der Waals surface area contributed by atoms with Gasteiger partial charge in [-0.25, -0.2) is 19.0 Å². The number of nitrogens with zero attached hydrogens (tertiary/aromatic N) is 11. The van der Waals surface area contributed by atoms with Crippen LogP contribution in [0, 0.1) is 5.82 Å². The summed E-state index contributed by atoms with van der Waals surface area (Å²) in [6, 6.07) is 3.87. The highest BCUT2D eigenvalue weighted by Crippen LogP contribution is 2.39. The van der Waals surface area contributed by atoms with E-state index in [0.717, 1.165) is 0 Å².